The molecule has 0 atom stereocenters. The molecule has 2 aromatic heterocycles. The van der Waals surface area contributed by atoms with E-state index < -0.39 is 0 Å². The Morgan fingerprint density at radius 3 is 2.65 bits per heavy atom. The summed E-state index contributed by atoms with van der Waals surface area (Å²) in [5.74, 6) is 1.41. The molecule has 0 fully saturated rings. The summed E-state index contributed by atoms with van der Waals surface area (Å²) in [5.41, 5.74) is 0.970. The van der Waals surface area contributed by atoms with Gasteiger partial charge >= 0.3 is 0 Å². The predicted octanol–water partition coefficient (Wildman–Crippen LogP) is 4.52. The molecular weight excluding hydrogens is 370 g/mol. The van der Waals surface area contributed by atoms with Crippen molar-refractivity contribution in [2.75, 3.05) is 5.32 Å². The molecule has 0 saturated heterocycles. The van der Waals surface area contributed by atoms with Crippen LogP contribution in [0.4, 0.5) is 5.82 Å². The van der Waals surface area contributed by atoms with Crippen LogP contribution in [-0.4, -0.2) is 16.0 Å². The number of aromatic nitrogens is 1. The highest BCUT2D eigenvalue weighted by Crippen LogP contribution is 2.22. The first kappa shape index (κ1) is 17.8. The third kappa shape index (κ3) is 5.02. The Hall–Kier alpha value is -2.96. The van der Waals surface area contributed by atoms with Crippen molar-refractivity contribution in [3.63, 3.8) is 0 Å². The Labute approximate surface area is 160 Å². The first-order chi connectivity index (χ1) is 12.6. The Bertz CT molecular complexity index is 937. The average Bonchev–Trinajstić information content (AvgIpc) is 3.12. The topological polar surface area (TPSA) is 67.2 Å². The van der Waals surface area contributed by atoms with E-state index in [2.05, 4.69) is 15.6 Å². The largest absolute Gasteiger partial charge is 0.457 e. The Kier molecular flexibility index (Phi) is 5.78. The molecule has 7 heteroatoms. The lowest BCUT2D eigenvalue weighted by Crippen LogP contribution is -2.33. The van der Waals surface area contributed by atoms with Crippen LogP contribution >= 0.6 is 23.8 Å². The minimum absolute atomic E-state index is 0.138. The molecule has 5 nitrogen and oxygen atoms in total. The Morgan fingerprint density at radius 1 is 1.12 bits per heavy atom. The van der Waals surface area contributed by atoms with Gasteiger partial charge in [-0.25, -0.2) is 4.98 Å². The number of amides is 1. The van der Waals surface area contributed by atoms with Gasteiger partial charge in [-0.05, 0) is 42.6 Å². The van der Waals surface area contributed by atoms with E-state index in [0.29, 0.717) is 16.6 Å². The van der Waals surface area contributed by atoms with Crippen LogP contribution in [0.2, 0.25) is 5.02 Å². The molecule has 0 bridgehead atoms. The number of furan rings is 1. The van der Waals surface area contributed by atoms with Crippen molar-refractivity contribution in [3.05, 3.63) is 77.7 Å². The second-order valence-electron chi connectivity index (χ2n) is 5.21. The highest BCUT2D eigenvalue weighted by Gasteiger charge is 2.05. The number of benzene rings is 1. The van der Waals surface area contributed by atoms with Gasteiger partial charge < -0.3 is 9.73 Å². The van der Waals surface area contributed by atoms with Gasteiger partial charge in [-0.3, -0.25) is 10.1 Å². The summed E-state index contributed by atoms with van der Waals surface area (Å²) >= 11 is 10.8. The molecular formula is C19H14ClN3O2S. The summed E-state index contributed by atoms with van der Waals surface area (Å²) in [6, 6.07) is 16.7. The minimum Gasteiger partial charge on any atom is -0.457 e. The van der Waals surface area contributed by atoms with Gasteiger partial charge in [0.2, 0.25) is 5.91 Å². The lowest BCUT2D eigenvalue weighted by molar-refractivity contribution is -0.115. The fraction of sp³-hybridized carbons (Fsp3) is 0. The fourth-order valence-corrected chi connectivity index (χ4v) is 2.43. The van der Waals surface area contributed by atoms with E-state index >= 15 is 0 Å². The molecule has 3 rings (SSSR count). The van der Waals surface area contributed by atoms with Gasteiger partial charge in [-0.2, -0.15) is 0 Å². The number of carbonyl (C=O) groups is 1. The maximum Gasteiger partial charge on any atom is 0.250 e. The van der Waals surface area contributed by atoms with E-state index in [4.69, 9.17) is 28.2 Å². The van der Waals surface area contributed by atoms with Crippen molar-refractivity contribution in [3.8, 4) is 11.3 Å². The predicted molar refractivity (Wildman–Crippen MR) is 107 cm³/mol. The van der Waals surface area contributed by atoms with Gasteiger partial charge in [0.15, 0.2) is 5.11 Å². The average molecular weight is 384 g/mol. The van der Waals surface area contributed by atoms with Gasteiger partial charge in [0.1, 0.15) is 17.3 Å². The van der Waals surface area contributed by atoms with Crippen molar-refractivity contribution >= 4 is 46.7 Å². The molecule has 1 aromatic carbocycles. The third-order valence-corrected chi connectivity index (χ3v) is 3.72. The number of nitrogens with one attached hydrogen (secondary N) is 2. The van der Waals surface area contributed by atoms with Crippen molar-refractivity contribution in [2.24, 2.45) is 0 Å². The number of hydrogen-bond donors (Lipinski definition) is 2. The third-order valence-electron chi connectivity index (χ3n) is 3.29. The molecule has 1 amide bonds. The zero-order chi connectivity index (χ0) is 18.4. The maximum absolute atomic E-state index is 11.9. The SMILES string of the molecule is O=C(/C=C/c1ccc(-c2ccccc2)o1)NC(=S)Nc1ccc(Cl)cn1. The first-order valence-electron chi connectivity index (χ1n) is 7.67. The number of thiocarbonyl (C=S) groups is 1. The van der Waals surface area contributed by atoms with Crippen LogP contribution in [0.15, 0.2) is 71.3 Å². The van der Waals surface area contributed by atoms with Gasteiger partial charge in [0.05, 0.1) is 5.02 Å². The van der Waals surface area contributed by atoms with E-state index in [0.717, 1.165) is 11.3 Å². The molecule has 0 aliphatic carbocycles. The summed E-state index contributed by atoms with van der Waals surface area (Å²) in [5, 5.41) is 5.98. The highest BCUT2D eigenvalue weighted by molar-refractivity contribution is 7.80. The molecule has 0 aliphatic rings. The van der Waals surface area contributed by atoms with Crippen LogP contribution in [-0.2, 0) is 4.79 Å². The van der Waals surface area contributed by atoms with Gasteiger partial charge in [-0.1, -0.05) is 41.9 Å². The monoisotopic (exact) mass is 383 g/mol. The normalized spacial score (nSPS) is 10.7. The molecule has 3 aromatic rings. The van der Waals surface area contributed by atoms with Gasteiger partial charge in [-0.15, -0.1) is 0 Å². The minimum atomic E-state index is -0.380. The smallest absolute Gasteiger partial charge is 0.250 e. The summed E-state index contributed by atoms with van der Waals surface area (Å²) < 4.78 is 5.69. The van der Waals surface area contributed by atoms with Crippen LogP contribution in [0.1, 0.15) is 5.76 Å². The second kappa shape index (κ2) is 8.42. The van der Waals surface area contributed by atoms with Crippen molar-refractivity contribution in [1.29, 1.82) is 0 Å². The zero-order valence-electron chi connectivity index (χ0n) is 13.5. The lowest BCUT2D eigenvalue weighted by Gasteiger charge is -2.06. The molecule has 26 heavy (non-hydrogen) atoms. The zero-order valence-corrected chi connectivity index (χ0v) is 15.1. The van der Waals surface area contributed by atoms with E-state index in [1.54, 1.807) is 24.3 Å². The van der Waals surface area contributed by atoms with E-state index in [1.165, 1.54) is 12.3 Å². The number of pyridine rings is 1. The molecule has 0 aliphatic heterocycles. The number of nitrogens with zero attached hydrogens (tertiary/aromatic N) is 1. The fourth-order valence-electron chi connectivity index (χ4n) is 2.11. The molecule has 0 radical (unpaired) electrons. The number of halogens is 1. The molecule has 0 unspecified atom stereocenters. The molecule has 2 heterocycles. The number of rotatable bonds is 4. The maximum atomic E-state index is 11.9. The summed E-state index contributed by atoms with van der Waals surface area (Å²) in [6.45, 7) is 0. The van der Waals surface area contributed by atoms with Crippen LogP contribution in [0.25, 0.3) is 17.4 Å². The molecule has 0 spiro atoms. The lowest BCUT2D eigenvalue weighted by atomic mass is 10.2. The van der Waals surface area contributed by atoms with Crippen molar-refractivity contribution in [2.45, 2.75) is 0 Å². The summed E-state index contributed by atoms with van der Waals surface area (Å²) in [4.78, 5) is 16.0. The van der Waals surface area contributed by atoms with Crippen LogP contribution < -0.4 is 10.6 Å². The number of anilines is 1. The second-order valence-corrected chi connectivity index (χ2v) is 6.05. The summed E-state index contributed by atoms with van der Waals surface area (Å²) in [6.07, 6.45) is 4.40. The van der Waals surface area contributed by atoms with Gasteiger partial charge in [0.25, 0.3) is 0 Å². The molecule has 2 N–H and O–H groups in total. The van der Waals surface area contributed by atoms with Gasteiger partial charge in [0, 0.05) is 17.8 Å². The van der Waals surface area contributed by atoms with Crippen molar-refractivity contribution in [1.82, 2.24) is 10.3 Å². The molecule has 130 valence electrons. The summed E-state index contributed by atoms with van der Waals surface area (Å²) in [7, 11) is 0. The Balaban J connectivity index is 1.55. The standard InChI is InChI=1S/C19H14ClN3O2S/c20-14-6-10-17(21-12-14)22-19(26)23-18(24)11-8-15-7-9-16(25-15)13-4-2-1-3-5-13/h1-12H,(H2,21,22,23,24,26)/b11-8+. The first-order valence-corrected chi connectivity index (χ1v) is 8.45. The molecule has 0 saturated carbocycles. The van der Waals surface area contributed by atoms with Crippen LogP contribution in [0, 0.1) is 0 Å². The Morgan fingerprint density at radius 2 is 1.92 bits per heavy atom. The quantitative estimate of drug-likeness (QED) is 0.512. The van der Waals surface area contributed by atoms with E-state index in [1.807, 2.05) is 36.4 Å². The van der Waals surface area contributed by atoms with E-state index in [-0.39, 0.29) is 11.0 Å². The van der Waals surface area contributed by atoms with Crippen molar-refractivity contribution < 1.29 is 9.21 Å². The van der Waals surface area contributed by atoms with Crippen LogP contribution in [0.5, 0.6) is 0 Å². The number of hydrogen-bond acceptors (Lipinski definition) is 4. The van der Waals surface area contributed by atoms with Crippen LogP contribution in [0.3, 0.4) is 0 Å². The number of carbonyl (C=O) groups excluding carboxylic acids is 1. The highest BCUT2D eigenvalue weighted by atomic mass is 35.5. The van der Waals surface area contributed by atoms with E-state index in [9.17, 15) is 4.79 Å².